The van der Waals surface area contributed by atoms with E-state index in [0.717, 1.165) is 31.5 Å². The van der Waals surface area contributed by atoms with Gasteiger partial charge in [0.15, 0.2) is 0 Å². The molecule has 0 aliphatic carbocycles. The minimum absolute atomic E-state index is 0.0753. The van der Waals surface area contributed by atoms with Crippen LogP contribution < -0.4 is 10.6 Å². The highest BCUT2D eigenvalue weighted by molar-refractivity contribution is 5.75. The summed E-state index contributed by atoms with van der Waals surface area (Å²) >= 11 is 0. The molecule has 0 saturated heterocycles. The maximum Gasteiger partial charge on any atom is 0.269 e. The number of rotatable bonds is 10. The molecule has 0 heterocycles. The van der Waals surface area contributed by atoms with E-state index in [2.05, 4.69) is 24.5 Å². The summed E-state index contributed by atoms with van der Waals surface area (Å²) in [5.41, 5.74) is 0.897. The summed E-state index contributed by atoms with van der Waals surface area (Å²) < 4.78 is 0. The van der Waals surface area contributed by atoms with Crippen molar-refractivity contribution in [2.75, 3.05) is 18.4 Å². The Hall–Kier alpha value is -2.11. The van der Waals surface area contributed by atoms with Gasteiger partial charge >= 0.3 is 0 Å². The highest BCUT2D eigenvalue weighted by Gasteiger charge is 2.04. The quantitative estimate of drug-likeness (QED) is 0.394. The first-order valence-corrected chi connectivity index (χ1v) is 7.74. The third kappa shape index (κ3) is 7.61. The van der Waals surface area contributed by atoms with Gasteiger partial charge in [0.05, 0.1) is 4.92 Å². The van der Waals surface area contributed by atoms with Crippen molar-refractivity contribution in [3.63, 3.8) is 0 Å². The van der Waals surface area contributed by atoms with Crippen molar-refractivity contribution in [3.05, 3.63) is 34.4 Å². The largest absolute Gasteiger partial charge is 0.385 e. The molecule has 0 unspecified atom stereocenters. The van der Waals surface area contributed by atoms with Crippen LogP contribution in [0.2, 0.25) is 0 Å². The van der Waals surface area contributed by atoms with Gasteiger partial charge in [0, 0.05) is 37.3 Å². The minimum atomic E-state index is -0.423. The lowest BCUT2D eigenvalue weighted by atomic mass is 10.1. The van der Waals surface area contributed by atoms with Crippen molar-refractivity contribution in [1.82, 2.24) is 5.32 Å². The summed E-state index contributed by atoms with van der Waals surface area (Å²) in [5, 5.41) is 16.6. The zero-order chi connectivity index (χ0) is 16.4. The standard InChI is InChI=1S/C16H25N3O3/c1-13(2)5-3-12-18-16(20)6-4-11-17-14-7-9-15(10-8-14)19(21)22/h7-10,13,17H,3-6,11-12H2,1-2H3,(H,18,20). The van der Waals surface area contributed by atoms with Crippen LogP contribution in [-0.4, -0.2) is 23.9 Å². The van der Waals surface area contributed by atoms with Crippen molar-refractivity contribution in [1.29, 1.82) is 0 Å². The van der Waals surface area contributed by atoms with E-state index in [-0.39, 0.29) is 11.6 Å². The maximum absolute atomic E-state index is 11.6. The molecule has 1 amide bonds. The fourth-order valence-electron chi connectivity index (χ4n) is 2.01. The Bertz CT molecular complexity index is 472. The van der Waals surface area contributed by atoms with E-state index >= 15 is 0 Å². The van der Waals surface area contributed by atoms with Gasteiger partial charge in [0.25, 0.3) is 5.69 Å². The smallest absolute Gasteiger partial charge is 0.269 e. The van der Waals surface area contributed by atoms with Crippen molar-refractivity contribution < 1.29 is 9.72 Å². The second-order valence-corrected chi connectivity index (χ2v) is 5.72. The molecule has 6 nitrogen and oxygen atoms in total. The minimum Gasteiger partial charge on any atom is -0.385 e. The van der Waals surface area contributed by atoms with Crippen molar-refractivity contribution in [2.24, 2.45) is 5.92 Å². The third-order valence-electron chi connectivity index (χ3n) is 3.27. The molecule has 122 valence electrons. The molecule has 2 N–H and O–H groups in total. The SMILES string of the molecule is CC(C)CCCNC(=O)CCCNc1ccc([N+](=O)[O-])cc1. The summed E-state index contributed by atoms with van der Waals surface area (Å²) in [6.07, 6.45) is 3.36. The van der Waals surface area contributed by atoms with E-state index < -0.39 is 4.92 Å². The first kappa shape index (κ1) is 17.9. The maximum atomic E-state index is 11.6. The van der Waals surface area contributed by atoms with Gasteiger partial charge in [0.2, 0.25) is 5.91 Å². The number of anilines is 1. The van der Waals surface area contributed by atoms with E-state index in [4.69, 9.17) is 0 Å². The summed E-state index contributed by atoms with van der Waals surface area (Å²) in [5.74, 6) is 0.747. The van der Waals surface area contributed by atoms with Crippen LogP contribution in [0.25, 0.3) is 0 Å². The zero-order valence-corrected chi connectivity index (χ0v) is 13.3. The average Bonchev–Trinajstić information content (AvgIpc) is 2.48. The van der Waals surface area contributed by atoms with Gasteiger partial charge in [-0.1, -0.05) is 13.8 Å². The number of non-ortho nitro benzene ring substituents is 1. The predicted octanol–water partition coefficient (Wildman–Crippen LogP) is 3.34. The Balaban J connectivity index is 2.11. The van der Waals surface area contributed by atoms with Gasteiger partial charge < -0.3 is 10.6 Å². The highest BCUT2D eigenvalue weighted by atomic mass is 16.6. The van der Waals surface area contributed by atoms with E-state index in [1.54, 1.807) is 12.1 Å². The Labute approximate surface area is 131 Å². The number of nitro benzene ring substituents is 1. The lowest BCUT2D eigenvalue weighted by Crippen LogP contribution is -2.24. The van der Waals surface area contributed by atoms with Crippen LogP contribution in [-0.2, 0) is 4.79 Å². The fourth-order valence-corrected chi connectivity index (χ4v) is 2.01. The lowest BCUT2D eigenvalue weighted by molar-refractivity contribution is -0.384. The number of amides is 1. The molecule has 0 radical (unpaired) electrons. The Morgan fingerprint density at radius 1 is 1.18 bits per heavy atom. The predicted molar refractivity (Wildman–Crippen MR) is 87.9 cm³/mol. The molecular weight excluding hydrogens is 282 g/mol. The zero-order valence-electron chi connectivity index (χ0n) is 13.3. The molecule has 0 aromatic heterocycles. The molecule has 1 rings (SSSR count). The first-order valence-electron chi connectivity index (χ1n) is 7.74. The number of hydrogen-bond acceptors (Lipinski definition) is 4. The topological polar surface area (TPSA) is 84.3 Å². The molecule has 0 spiro atoms. The number of nitrogens with zero attached hydrogens (tertiary/aromatic N) is 1. The van der Waals surface area contributed by atoms with Crippen LogP contribution in [0.4, 0.5) is 11.4 Å². The number of carbonyl (C=O) groups is 1. The van der Waals surface area contributed by atoms with Crippen LogP contribution in [0.1, 0.15) is 39.5 Å². The first-order chi connectivity index (χ1) is 10.5. The summed E-state index contributed by atoms with van der Waals surface area (Å²) in [6, 6.07) is 6.27. The van der Waals surface area contributed by atoms with Crippen LogP contribution in [0.15, 0.2) is 24.3 Å². The monoisotopic (exact) mass is 307 g/mol. The van der Waals surface area contributed by atoms with Gasteiger partial charge in [-0.15, -0.1) is 0 Å². The highest BCUT2D eigenvalue weighted by Crippen LogP contribution is 2.15. The van der Waals surface area contributed by atoms with Crippen molar-refractivity contribution >= 4 is 17.3 Å². The van der Waals surface area contributed by atoms with Gasteiger partial charge in [0.1, 0.15) is 0 Å². The molecule has 1 aromatic rings. The molecule has 0 aliphatic heterocycles. The van der Waals surface area contributed by atoms with Crippen molar-refractivity contribution in [2.45, 2.75) is 39.5 Å². The van der Waals surface area contributed by atoms with Gasteiger partial charge in [-0.05, 0) is 37.3 Å². The van der Waals surface area contributed by atoms with E-state index in [0.29, 0.717) is 18.9 Å². The Morgan fingerprint density at radius 2 is 1.86 bits per heavy atom. The normalized spacial score (nSPS) is 10.5. The number of benzene rings is 1. The molecule has 0 aliphatic rings. The number of nitrogens with one attached hydrogen (secondary N) is 2. The van der Waals surface area contributed by atoms with E-state index in [9.17, 15) is 14.9 Å². The van der Waals surface area contributed by atoms with Crippen LogP contribution >= 0.6 is 0 Å². The molecule has 0 saturated carbocycles. The number of hydrogen-bond donors (Lipinski definition) is 2. The molecule has 1 aromatic carbocycles. The lowest BCUT2D eigenvalue weighted by Gasteiger charge is -2.08. The summed E-state index contributed by atoms with van der Waals surface area (Å²) in [7, 11) is 0. The molecule has 0 atom stereocenters. The van der Waals surface area contributed by atoms with Gasteiger partial charge in [-0.3, -0.25) is 14.9 Å². The second-order valence-electron chi connectivity index (χ2n) is 5.72. The van der Waals surface area contributed by atoms with Gasteiger partial charge in [-0.2, -0.15) is 0 Å². The summed E-state index contributed by atoms with van der Waals surface area (Å²) in [6.45, 7) is 5.75. The molecule has 0 bridgehead atoms. The third-order valence-corrected chi connectivity index (χ3v) is 3.27. The van der Waals surface area contributed by atoms with Gasteiger partial charge in [-0.25, -0.2) is 0 Å². The molecule has 6 heteroatoms. The summed E-state index contributed by atoms with van der Waals surface area (Å²) in [4.78, 5) is 21.7. The molecule has 0 fully saturated rings. The Morgan fingerprint density at radius 3 is 2.45 bits per heavy atom. The number of carbonyl (C=O) groups excluding carboxylic acids is 1. The molecule has 22 heavy (non-hydrogen) atoms. The average molecular weight is 307 g/mol. The van der Waals surface area contributed by atoms with E-state index in [1.807, 2.05) is 0 Å². The molecular formula is C16H25N3O3. The second kappa shape index (κ2) is 9.76. The van der Waals surface area contributed by atoms with Crippen LogP contribution in [0.3, 0.4) is 0 Å². The van der Waals surface area contributed by atoms with E-state index in [1.165, 1.54) is 12.1 Å². The number of nitro groups is 1. The van der Waals surface area contributed by atoms with Crippen LogP contribution in [0, 0.1) is 16.0 Å². The van der Waals surface area contributed by atoms with Crippen molar-refractivity contribution in [3.8, 4) is 0 Å². The Kier molecular flexibility index (Phi) is 7.96. The van der Waals surface area contributed by atoms with Crippen LogP contribution in [0.5, 0.6) is 0 Å². The fraction of sp³-hybridized carbons (Fsp3) is 0.562.